The Hall–Kier alpha value is -1.30. The van der Waals surface area contributed by atoms with Crippen molar-refractivity contribution in [2.75, 3.05) is 32.8 Å². The van der Waals surface area contributed by atoms with Crippen LogP contribution in [0.5, 0.6) is 0 Å². The molecule has 2 amide bonds. The van der Waals surface area contributed by atoms with E-state index in [2.05, 4.69) is 27.7 Å². The van der Waals surface area contributed by atoms with Crippen molar-refractivity contribution in [2.45, 2.75) is 38.8 Å². The maximum absolute atomic E-state index is 11.9. The fraction of sp³-hybridized carbons (Fsp3) is 0.611. The van der Waals surface area contributed by atoms with Crippen LogP contribution in [0.4, 0.5) is 4.79 Å². The lowest BCUT2D eigenvalue weighted by Gasteiger charge is -2.32. The molecular weight excluding hydrogens is 326 g/mol. The van der Waals surface area contributed by atoms with Crippen LogP contribution in [0.15, 0.2) is 24.3 Å². The first kappa shape index (κ1) is 19.0. The average molecular weight is 354 g/mol. The highest BCUT2D eigenvalue weighted by Gasteiger charge is 2.20. The molecule has 0 atom stereocenters. The molecule has 5 nitrogen and oxygen atoms in total. The molecular formula is C18H28ClN3O2. The second kappa shape index (κ2) is 10.5. The van der Waals surface area contributed by atoms with E-state index in [4.69, 9.17) is 16.3 Å². The molecule has 6 heteroatoms. The van der Waals surface area contributed by atoms with Crippen molar-refractivity contribution in [3.63, 3.8) is 0 Å². The van der Waals surface area contributed by atoms with Gasteiger partial charge in [-0.05, 0) is 43.9 Å². The summed E-state index contributed by atoms with van der Waals surface area (Å²) in [5, 5.41) is 6.73. The molecule has 0 spiro atoms. The molecule has 24 heavy (non-hydrogen) atoms. The first-order chi connectivity index (χ1) is 11.7. The summed E-state index contributed by atoms with van der Waals surface area (Å²) in [4.78, 5) is 14.3. The van der Waals surface area contributed by atoms with Crippen molar-refractivity contribution in [3.05, 3.63) is 34.9 Å². The highest BCUT2D eigenvalue weighted by Crippen LogP contribution is 2.15. The average Bonchev–Trinajstić information content (AvgIpc) is 2.58. The van der Waals surface area contributed by atoms with E-state index in [1.165, 1.54) is 5.56 Å². The molecule has 1 aromatic rings. The fourth-order valence-electron chi connectivity index (χ4n) is 2.84. The van der Waals surface area contributed by atoms with Gasteiger partial charge in [-0.1, -0.05) is 23.7 Å². The predicted molar refractivity (Wildman–Crippen MR) is 97.4 cm³/mol. The molecule has 134 valence electrons. The molecule has 0 aliphatic carbocycles. The van der Waals surface area contributed by atoms with Gasteiger partial charge in [-0.3, -0.25) is 4.90 Å². The Morgan fingerprint density at radius 1 is 1.29 bits per heavy atom. The van der Waals surface area contributed by atoms with Crippen LogP contribution in [0.3, 0.4) is 0 Å². The van der Waals surface area contributed by atoms with Crippen LogP contribution in [-0.4, -0.2) is 49.8 Å². The number of likely N-dealkylation sites (tertiary alicyclic amines) is 1. The minimum absolute atomic E-state index is 0.0670. The van der Waals surface area contributed by atoms with Crippen LogP contribution >= 0.6 is 11.6 Å². The topological polar surface area (TPSA) is 53.6 Å². The molecule has 2 N–H and O–H groups in total. The lowest BCUT2D eigenvalue weighted by atomic mass is 10.0. The number of halogens is 1. The van der Waals surface area contributed by atoms with E-state index in [1.54, 1.807) is 0 Å². The number of amides is 2. The molecule has 1 fully saturated rings. The van der Waals surface area contributed by atoms with E-state index in [-0.39, 0.29) is 12.1 Å². The van der Waals surface area contributed by atoms with Gasteiger partial charge in [-0.25, -0.2) is 4.79 Å². The lowest BCUT2D eigenvalue weighted by Crippen LogP contribution is -2.47. The Labute approximate surface area is 149 Å². The van der Waals surface area contributed by atoms with Gasteiger partial charge in [-0.2, -0.15) is 0 Å². The fourth-order valence-corrected chi connectivity index (χ4v) is 2.97. The van der Waals surface area contributed by atoms with Crippen molar-refractivity contribution in [3.8, 4) is 0 Å². The zero-order valence-corrected chi connectivity index (χ0v) is 15.1. The third-order valence-electron chi connectivity index (χ3n) is 4.20. The largest absolute Gasteiger partial charge is 0.382 e. The first-order valence-corrected chi connectivity index (χ1v) is 9.14. The molecule has 1 aliphatic rings. The predicted octanol–water partition coefficient (Wildman–Crippen LogP) is 3.03. The van der Waals surface area contributed by atoms with Gasteiger partial charge in [0.15, 0.2) is 0 Å². The summed E-state index contributed by atoms with van der Waals surface area (Å²) in [5.41, 5.74) is 1.28. The van der Waals surface area contributed by atoms with E-state index >= 15 is 0 Å². The molecule has 2 rings (SSSR count). The highest BCUT2D eigenvalue weighted by molar-refractivity contribution is 6.30. The van der Waals surface area contributed by atoms with Crippen molar-refractivity contribution in [2.24, 2.45) is 0 Å². The van der Waals surface area contributed by atoms with Crippen LogP contribution < -0.4 is 10.6 Å². The third kappa shape index (κ3) is 7.07. The van der Waals surface area contributed by atoms with E-state index < -0.39 is 0 Å². The number of nitrogens with zero attached hydrogens (tertiary/aromatic N) is 1. The molecule has 0 unspecified atom stereocenters. The molecule has 0 saturated carbocycles. The van der Waals surface area contributed by atoms with E-state index in [0.717, 1.165) is 50.5 Å². The van der Waals surface area contributed by atoms with Gasteiger partial charge in [-0.15, -0.1) is 0 Å². The van der Waals surface area contributed by atoms with Crippen LogP contribution in [0.2, 0.25) is 5.02 Å². The van der Waals surface area contributed by atoms with E-state index in [1.807, 2.05) is 19.1 Å². The Balaban J connectivity index is 1.60. The van der Waals surface area contributed by atoms with Gasteiger partial charge in [0.1, 0.15) is 0 Å². The van der Waals surface area contributed by atoms with Gasteiger partial charge in [0.25, 0.3) is 0 Å². The minimum atomic E-state index is -0.0670. The standard InChI is InChI=1S/C18H28ClN3O2/c1-2-24-13-3-10-20-18(23)21-17-8-11-22(12-9-17)14-15-4-6-16(19)7-5-15/h4-7,17H,2-3,8-14H2,1H3,(H2,20,21,23). The Bertz CT molecular complexity index is 488. The zero-order valence-electron chi connectivity index (χ0n) is 14.4. The number of piperidine rings is 1. The SMILES string of the molecule is CCOCCCNC(=O)NC1CCN(Cc2ccc(Cl)cc2)CC1. The molecule has 0 aromatic heterocycles. The highest BCUT2D eigenvalue weighted by atomic mass is 35.5. The molecule has 1 heterocycles. The van der Waals surface area contributed by atoms with Crippen molar-refractivity contribution < 1.29 is 9.53 Å². The zero-order chi connectivity index (χ0) is 17.2. The van der Waals surface area contributed by atoms with Crippen LogP contribution in [0, 0.1) is 0 Å². The quantitative estimate of drug-likeness (QED) is 0.706. The molecule has 1 aromatic carbocycles. The summed E-state index contributed by atoms with van der Waals surface area (Å²) in [6, 6.07) is 8.20. The Morgan fingerprint density at radius 3 is 2.67 bits per heavy atom. The normalized spacial score (nSPS) is 16.1. The van der Waals surface area contributed by atoms with E-state index in [9.17, 15) is 4.79 Å². The maximum Gasteiger partial charge on any atom is 0.315 e. The van der Waals surface area contributed by atoms with Gasteiger partial charge in [0.05, 0.1) is 0 Å². The number of carbonyl (C=O) groups is 1. The number of carbonyl (C=O) groups excluding carboxylic acids is 1. The monoisotopic (exact) mass is 353 g/mol. The number of rotatable bonds is 8. The number of ether oxygens (including phenoxy) is 1. The number of urea groups is 1. The van der Waals surface area contributed by atoms with Gasteiger partial charge >= 0.3 is 6.03 Å². The molecule has 1 aliphatic heterocycles. The molecule has 1 saturated heterocycles. The summed E-state index contributed by atoms with van der Waals surface area (Å²) >= 11 is 5.92. The third-order valence-corrected chi connectivity index (χ3v) is 4.45. The molecule has 0 bridgehead atoms. The number of nitrogens with one attached hydrogen (secondary N) is 2. The van der Waals surface area contributed by atoms with Gasteiger partial charge in [0, 0.05) is 50.5 Å². The number of benzene rings is 1. The summed E-state index contributed by atoms with van der Waals surface area (Å²) in [6.07, 6.45) is 2.82. The minimum Gasteiger partial charge on any atom is -0.382 e. The Kier molecular flexibility index (Phi) is 8.36. The summed E-state index contributed by atoms with van der Waals surface area (Å²) in [5.74, 6) is 0. The first-order valence-electron chi connectivity index (χ1n) is 8.76. The van der Waals surface area contributed by atoms with Crippen LogP contribution in [-0.2, 0) is 11.3 Å². The van der Waals surface area contributed by atoms with Crippen LogP contribution in [0.1, 0.15) is 31.7 Å². The number of hydrogen-bond donors (Lipinski definition) is 2. The summed E-state index contributed by atoms with van der Waals surface area (Å²) in [7, 11) is 0. The number of hydrogen-bond acceptors (Lipinski definition) is 3. The Morgan fingerprint density at radius 2 is 2.00 bits per heavy atom. The van der Waals surface area contributed by atoms with Crippen molar-refractivity contribution >= 4 is 17.6 Å². The summed E-state index contributed by atoms with van der Waals surface area (Å²) < 4.78 is 5.25. The second-order valence-corrected chi connectivity index (χ2v) is 6.56. The van der Waals surface area contributed by atoms with Gasteiger partial charge in [0.2, 0.25) is 0 Å². The van der Waals surface area contributed by atoms with Crippen LogP contribution in [0.25, 0.3) is 0 Å². The molecule has 0 radical (unpaired) electrons. The summed E-state index contributed by atoms with van der Waals surface area (Å²) in [6.45, 7) is 6.98. The van der Waals surface area contributed by atoms with Gasteiger partial charge < -0.3 is 15.4 Å². The second-order valence-electron chi connectivity index (χ2n) is 6.13. The van der Waals surface area contributed by atoms with Crippen molar-refractivity contribution in [1.82, 2.24) is 15.5 Å². The van der Waals surface area contributed by atoms with E-state index in [0.29, 0.717) is 13.2 Å². The maximum atomic E-state index is 11.9. The smallest absolute Gasteiger partial charge is 0.315 e. The van der Waals surface area contributed by atoms with Crippen molar-refractivity contribution in [1.29, 1.82) is 0 Å². The lowest BCUT2D eigenvalue weighted by molar-refractivity contribution is 0.144.